The van der Waals surface area contributed by atoms with Gasteiger partial charge in [0.15, 0.2) is 0 Å². The summed E-state index contributed by atoms with van der Waals surface area (Å²) in [6.45, 7) is -0.155. The van der Waals surface area contributed by atoms with Gasteiger partial charge in [0.05, 0.1) is 25.6 Å². The summed E-state index contributed by atoms with van der Waals surface area (Å²) in [7, 11) is 1.59. The fourth-order valence-electron chi connectivity index (χ4n) is 1.77. The molecule has 0 aliphatic heterocycles. The van der Waals surface area contributed by atoms with E-state index < -0.39 is 0 Å². The normalized spacial score (nSPS) is 10.6. The zero-order valence-electron chi connectivity index (χ0n) is 11.6. The molecule has 0 saturated carbocycles. The number of anilines is 1. The van der Waals surface area contributed by atoms with Gasteiger partial charge in [-0.05, 0) is 29.8 Å². The van der Waals surface area contributed by atoms with Gasteiger partial charge in [-0.3, -0.25) is 9.78 Å². The Labute approximate surface area is 122 Å². The number of hydrogen-bond donors (Lipinski definition) is 2. The minimum absolute atomic E-state index is 0.155. The third-order valence-corrected chi connectivity index (χ3v) is 2.86. The number of hydrogen-bond acceptors (Lipinski definition) is 4. The van der Waals surface area contributed by atoms with E-state index >= 15 is 0 Å². The fraction of sp³-hybridized carbons (Fsp3) is 0.125. The van der Waals surface area contributed by atoms with Gasteiger partial charge in [0.25, 0.3) is 0 Å². The van der Waals surface area contributed by atoms with Crippen LogP contribution in [0, 0.1) is 0 Å². The van der Waals surface area contributed by atoms with Gasteiger partial charge in [-0.15, -0.1) is 0 Å². The highest BCUT2D eigenvalue weighted by atomic mass is 16.5. The van der Waals surface area contributed by atoms with Crippen molar-refractivity contribution in [3.05, 3.63) is 59.9 Å². The molecule has 5 heteroatoms. The molecule has 0 fully saturated rings. The largest absolute Gasteiger partial charge is 0.497 e. The van der Waals surface area contributed by atoms with Gasteiger partial charge >= 0.3 is 0 Å². The summed E-state index contributed by atoms with van der Waals surface area (Å²) >= 11 is 0. The average Bonchev–Trinajstić information content (AvgIpc) is 2.53. The molecular weight excluding hydrogens is 268 g/mol. The second-order valence-electron chi connectivity index (χ2n) is 4.29. The summed E-state index contributed by atoms with van der Waals surface area (Å²) in [6.07, 6.45) is 6.17. The standard InChI is InChI=1S/C16H16N2O3/c1-21-14-4-2-3-12(9-14)5-6-16(20)18-15-10-17-8-7-13(15)11-19/h2-10,19H,11H2,1H3,(H,18,20)/b6-5+. The van der Waals surface area contributed by atoms with Gasteiger partial charge < -0.3 is 15.2 Å². The molecule has 0 spiro atoms. The number of nitrogens with one attached hydrogen (secondary N) is 1. The van der Waals surface area contributed by atoms with Gasteiger partial charge in [-0.25, -0.2) is 0 Å². The molecule has 0 aliphatic rings. The lowest BCUT2D eigenvalue weighted by molar-refractivity contribution is -0.111. The number of aliphatic hydroxyl groups excluding tert-OH is 1. The molecule has 1 amide bonds. The van der Waals surface area contributed by atoms with E-state index in [-0.39, 0.29) is 12.5 Å². The van der Waals surface area contributed by atoms with Crippen LogP contribution in [0.3, 0.4) is 0 Å². The molecule has 0 aliphatic carbocycles. The predicted molar refractivity (Wildman–Crippen MR) is 80.8 cm³/mol. The van der Waals surface area contributed by atoms with Crippen molar-refractivity contribution < 1.29 is 14.6 Å². The van der Waals surface area contributed by atoms with Crippen molar-refractivity contribution in [1.29, 1.82) is 0 Å². The smallest absolute Gasteiger partial charge is 0.248 e. The molecule has 1 heterocycles. The Balaban J connectivity index is 2.05. The van der Waals surface area contributed by atoms with E-state index in [0.29, 0.717) is 11.3 Å². The van der Waals surface area contributed by atoms with E-state index in [1.165, 1.54) is 12.3 Å². The average molecular weight is 284 g/mol. The lowest BCUT2D eigenvalue weighted by Gasteiger charge is -2.06. The molecule has 21 heavy (non-hydrogen) atoms. The number of rotatable bonds is 5. The van der Waals surface area contributed by atoms with Crippen LogP contribution in [0.25, 0.3) is 6.08 Å². The first-order valence-electron chi connectivity index (χ1n) is 6.40. The Morgan fingerprint density at radius 3 is 3.05 bits per heavy atom. The van der Waals surface area contributed by atoms with Crippen molar-refractivity contribution in [2.45, 2.75) is 6.61 Å². The van der Waals surface area contributed by atoms with Crippen molar-refractivity contribution in [2.24, 2.45) is 0 Å². The van der Waals surface area contributed by atoms with Crippen LogP contribution < -0.4 is 10.1 Å². The molecule has 1 aromatic carbocycles. The Bertz CT molecular complexity index is 653. The van der Waals surface area contributed by atoms with Crippen LogP contribution in [0.15, 0.2) is 48.8 Å². The Hall–Kier alpha value is -2.66. The van der Waals surface area contributed by atoms with E-state index in [1.807, 2.05) is 24.3 Å². The molecule has 2 aromatic rings. The minimum Gasteiger partial charge on any atom is -0.497 e. The number of ether oxygens (including phenoxy) is 1. The van der Waals surface area contributed by atoms with Gasteiger partial charge in [-0.1, -0.05) is 12.1 Å². The minimum atomic E-state index is -0.291. The molecule has 0 unspecified atom stereocenters. The SMILES string of the molecule is COc1cccc(/C=C/C(=O)Nc2cnccc2CO)c1. The van der Waals surface area contributed by atoms with E-state index in [9.17, 15) is 9.90 Å². The van der Waals surface area contributed by atoms with Crippen LogP contribution >= 0.6 is 0 Å². The number of nitrogens with zero attached hydrogens (tertiary/aromatic N) is 1. The number of methoxy groups -OCH3 is 1. The number of amides is 1. The lowest BCUT2D eigenvalue weighted by atomic mass is 10.2. The first-order chi connectivity index (χ1) is 10.2. The zero-order chi connectivity index (χ0) is 15.1. The predicted octanol–water partition coefficient (Wildman–Crippen LogP) is 2.23. The summed E-state index contributed by atoms with van der Waals surface area (Å²) in [5.41, 5.74) is 1.98. The van der Waals surface area contributed by atoms with E-state index in [1.54, 1.807) is 25.4 Å². The van der Waals surface area contributed by atoms with E-state index in [4.69, 9.17) is 4.74 Å². The quantitative estimate of drug-likeness (QED) is 0.826. The molecule has 0 atom stereocenters. The Morgan fingerprint density at radius 1 is 1.43 bits per heavy atom. The summed E-state index contributed by atoms with van der Waals surface area (Å²) in [5, 5.41) is 11.9. The molecular formula is C16H16N2O3. The van der Waals surface area contributed by atoms with Gasteiger partial charge in [0.2, 0.25) is 5.91 Å². The molecule has 0 radical (unpaired) electrons. The van der Waals surface area contributed by atoms with Crippen molar-refractivity contribution in [3.63, 3.8) is 0 Å². The van der Waals surface area contributed by atoms with Crippen molar-refractivity contribution >= 4 is 17.7 Å². The monoisotopic (exact) mass is 284 g/mol. The second-order valence-corrected chi connectivity index (χ2v) is 4.29. The fourth-order valence-corrected chi connectivity index (χ4v) is 1.77. The molecule has 0 bridgehead atoms. The van der Waals surface area contributed by atoms with E-state index in [0.717, 1.165) is 11.3 Å². The van der Waals surface area contributed by atoms with E-state index in [2.05, 4.69) is 10.3 Å². The number of carbonyl (C=O) groups excluding carboxylic acids is 1. The Kier molecular flexibility index (Phi) is 5.06. The van der Waals surface area contributed by atoms with Crippen LogP contribution in [-0.2, 0) is 11.4 Å². The molecule has 5 nitrogen and oxygen atoms in total. The highest BCUT2D eigenvalue weighted by molar-refractivity contribution is 6.02. The maximum absolute atomic E-state index is 11.9. The summed E-state index contributed by atoms with van der Waals surface area (Å²) in [5.74, 6) is 0.438. The van der Waals surface area contributed by atoms with Gasteiger partial charge in [0.1, 0.15) is 5.75 Å². The summed E-state index contributed by atoms with van der Waals surface area (Å²) in [6, 6.07) is 9.03. The summed E-state index contributed by atoms with van der Waals surface area (Å²) < 4.78 is 5.12. The second kappa shape index (κ2) is 7.21. The van der Waals surface area contributed by atoms with Crippen LogP contribution in [0.2, 0.25) is 0 Å². The highest BCUT2D eigenvalue weighted by Crippen LogP contribution is 2.15. The van der Waals surface area contributed by atoms with Gasteiger partial charge in [0, 0.05) is 17.8 Å². The Morgan fingerprint density at radius 2 is 2.29 bits per heavy atom. The molecule has 0 saturated heterocycles. The number of aliphatic hydroxyl groups is 1. The van der Waals surface area contributed by atoms with Crippen LogP contribution in [0.4, 0.5) is 5.69 Å². The third kappa shape index (κ3) is 4.15. The van der Waals surface area contributed by atoms with Crippen molar-refractivity contribution in [3.8, 4) is 5.75 Å². The van der Waals surface area contributed by atoms with Crippen LogP contribution in [0.1, 0.15) is 11.1 Å². The third-order valence-electron chi connectivity index (χ3n) is 2.86. The molecule has 2 rings (SSSR count). The maximum atomic E-state index is 11.9. The molecule has 2 N–H and O–H groups in total. The highest BCUT2D eigenvalue weighted by Gasteiger charge is 2.03. The van der Waals surface area contributed by atoms with Gasteiger partial charge in [-0.2, -0.15) is 0 Å². The molecule has 1 aromatic heterocycles. The van der Waals surface area contributed by atoms with Crippen molar-refractivity contribution in [1.82, 2.24) is 4.98 Å². The molecule has 108 valence electrons. The topological polar surface area (TPSA) is 71.5 Å². The number of carbonyl (C=O) groups is 1. The van der Waals surface area contributed by atoms with Crippen molar-refractivity contribution in [2.75, 3.05) is 12.4 Å². The number of benzene rings is 1. The number of aromatic nitrogens is 1. The van der Waals surface area contributed by atoms with Crippen LogP contribution in [0.5, 0.6) is 5.75 Å². The van der Waals surface area contributed by atoms with Crippen LogP contribution in [-0.4, -0.2) is 23.1 Å². The summed E-state index contributed by atoms with van der Waals surface area (Å²) in [4.78, 5) is 15.8. The first kappa shape index (κ1) is 14.7. The maximum Gasteiger partial charge on any atom is 0.248 e. The lowest BCUT2D eigenvalue weighted by Crippen LogP contribution is -2.10. The zero-order valence-corrected chi connectivity index (χ0v) is 11.6. The first-order valence-corrected chi connectivity index (χ1v) is 6.40. The number of pyridine rings is 1.